The molecule has 2 aromatic heterocycles. The summed E-state index contributed by atoms with van der Waals surface area (Å²) in [5.41, 5.74) is 1.75. The van der Waals surface area contributed by atoms with Crippen molar-refractivity contribution in [2.24, 2.45) is 0 Å². The molecule has 2 rings (SSSR count). The monoisotopic (exact) mass is 264 g/mol. The summed E-state index contributed by atoms with van der Waals surface area (Å²) in [5.74, 6) is 0. The fourth-order valence-electron chi connectivity index (χ4n) is 1.68. The Hall–Kier alpha value is -2.08. The molecule has 0 aliphatic heterocycles. The molecule has 2 aromatic rings. The molecule has 6 nitrogen and oxygen atoms in total. The minimum absolute atomic E-state index is 0.00990. The largest absolute Gasteiger partial charge is 0.316 e. The SMILES string of the molecule is Cc1cnccc1-c1nc(Cl)nc(C)c1[N+](=O)[O-]. The second-order valence-electron chi connectivity index (χ2n) is 3.72. The Bertz CT molecular complexity index is 630. The third-order valence-electron chi connectivity index (χ3n) is 2.49. The molecule has 0 aliphatic carbocycles. The van der Waals surface area contributed by atoms with E-state index in [0.717, 1.165) is 5.56 Å². The van der Waals surface area contributed by atoms with Crippen LogP contribution >= 0.6 is 11.6 Å². The summed E-state index contributed by atoms with van der Waals surface area (Å²) in [7, 11) is 0. The number of hydrogen-bond donors (Lipinski definition) is 0. The molecule has 0 unspecified atom stereocenters. The second-order valence-corrected chi connectivity index (χ2v) is 4.06. The van der Waals surface area contributed by atoms with E-state index in [1.54, 1.807) is 25.4 Å². The average Bonchev–Trinajstić information content (AvgIpc) is 2.27. The van der Waals surface area contributed by atoms with Crippen LogP contribution in [-0.2, 0) is 0 Å². The highest BCUT2D eigenvalue weighted by Crippen LogP contribution is 2.32. The number of aryl methyl sites for hydroxylation is 2. The van der Waals surface area contributed by atoms with Gasteiger partial charge in [-0.3, -0.25) is 15.1 Å². The van der Waals surface area contributed by atoms with Crippen LogP contribution in [0.2, 0.25) is 5.28 Å². The van der Waals surface area contributed by atoms with E-state index >= 15 is 0 Å². The number of halogens is 1. The molecule has 0 aromatic carbocycles. The molecule has 0 saturated carbocycles. The van der Waals surface area contributed by atoms with Gasteiger partial charge < -0.3 is 0 Å². The first-order chi connectivity index (χ1) is 8.50. The summed E-state index contributed by atoms with van der Waals surface area (Å²) < 4.78 is 0. The number of aromatic nitrogens is 3. The molecule has 2 heterocycles. The molecule has 0 fully saturated rings. The van der Waals surface area contributed by atoms with Crippen LogP contribution in [-0.4, -0.2) is 19.9 Å². The second kappa shape index (κ2) is 4.66. The van der Waals surface area contributed by atoms with Gasteiger partial charge in [-0.2, -0.15) is 0 Å². The van der Waals surface area contributed by atoms with Crippen LogP contribution in [0.5, 0.6) is 0 Å². The predicted molar refractivity (Wildman–Crippen MR) is 66.4 cm³/mol. The summed E-state index contributed by atoms with van der Waals surface area (Å²) in [6.45, 7) is 3.34. The fourth-order valence-corrected chi connectivity index (χ4v) is 1.89. The molecule has 0 radical (unpaired) electrons. The van der Waals surface area contributed by atoms with Gasteiger partial charge in [0.05, 0.1) is 4.92 Å². The van der Waals surface area contributed by atoms with Crippen LogP contribution in [0.25, 0.3) is 11.3 Å². The number of pyridine rings is 1. The minimum Gasteiger partial charge on any atom is -0.264 e. The third kappa shape index (κ3) is 2.14. The summed E-state index contributed by atoms with van der Waals surface area (Å²) in [6.07, 6.45) is 3.17. The lowest BCUT2D eigenvalue weighted by atomic mass is 10.1. The van der Waals surface area contributed by atoms with Gasteiger partial charge in [0.1, 0.15) is 5.69 Å². The average molecular weight is 265 g/mol. The van der Waals surface area contributed by atoms with Crippen molar-refractivity contribution in [1.29, 1.82) is 0 Å². The number of nitro groups is 1. The van der Waals surface area contributed by atoms with Crippen molar-refractivity contribution in [2.75, 3.05) is 0 Å². The Labute approximate surface area is 108 Å². The molecule has 0 amide bonds. The zero-order valence-corrected chi connectivity index (χ0v) is 10.5. The third-order valence-corrected chi connectivity index (χ3v) is 2.66. The molecule has 0 spiro atoms. The van der Waals surface area contributed by atoms with E-state index in [2.05, 4.69) is 15.0 Å². The van der Waals surface area contributed by atoms with Crippen LogP contribution in [0.1, 0.15) is 11.3 Å². The summed E-state index contributed by atoms with van der Waals surface area (Å²) >= 11 is 5.77. The first kappa shape index (κ1) is 12.4. The summed E-state index contributed by atoms with van der Waals surface area (Å²) in [4.78, 5) is 22.3. The van der Waals surface area contributed by atoms with Crippen molar-refractivity contribution in [3.05, 3.63) is 45.1 Å². The van der Waals surface area contributed by atoms with Crippen LogP contribution in [0.15, 0.2) is 18.5 Å². The standard InChI is InChI=1S/C11H9ClN4O2/c1-6-5-13-4-3-8(6)9-10(16(17)18)7(2)14-11(12)15-9/h3-5H,1-2H3. The molecule has 0 bridgehead atoms. The van der Waals surface area contributed by atoms with E-state index in [1.807, 2.05) is 0 Å². The highest BCUT2D eigenvalue weighted by atomic mass is 35.5. The van der Waals surface area contributed by atoms with Gasteiger partial charge in [-0.05, 0) is 37.1 Å². The van der Waals surface area contributed by atoms with Gasteiger partial charge in [-0.25, -0.2) is 9.97 Å². The van der Waals surface area contributed by atoms with Gasteiger partial charge in [-0.1, -0.05) is 0 Å². The van der Waals surface area contributed by atoms with Crippen molar-refractivity contribution in [1.82, 2.24) is 15.0 Å². The van der Waals surface area contributed by atoms with E-state index in [0.29, 0.717) is 5.56 Å². The zero-order chi connectivity index (χ0) is 13.3. The molecule has 7 heteroatoms. The van der Waals surface area contributed by atoms with E-state index in [4.69, 9.17) is 11.6 Å². The van der Waals surface area contributed by atoms with Crippen molar-refractivity contribution < 1.29 is 4.92 Å². The van der Waals surface area contributed by atoms with Gasteiger partial charge in [0.2, 0.25) is 5.28 Å². The van der Waals surface area contributed by atoms with E-state index in [-0.39, 0.29) is 22.4 Å². The van der Waals surface area contributed by atoms with E-state index in [9.17, 15) is 10.1 Å². The summed E-state index contributed by atoms with van der Waals surface area (Å²) in [5, 5.41) is 11.1. The molecule has 0 aliphatic rings. The number of rotatable bonds is 2. The fraction of sp³-hybridized carbons (Fsp3) is 0.182. The van der Waals surface area contributed by atoms with Crippen molar-refractivity contribution in [2.45, 2.75) is 13.8 Å². The topological polar surface area (TPSA) is 81.8 Å². The van der Waals surface area contributed by atoms with Crippen molar-refractivity contribution >= 4 is 17.3 Å². The smallest absolute Gasteiger partial charge is 0.264 e. The highest BCUT2D eigenvalue weighted by Gasteiger charge is 2.23. The minimum atomic E-state index is -0.499. The van der Waals surface area contributed by atoms with Crippen molar-refractivity contribution in [3.63, 3.8) is 0 Å². The maximum atomic E-state index is 11.1. The van der Waals surface area contributed by atoms with E-state index < -0.39 is 4.92 Å². The highest BCUT2D eigenvalue weighted by molar-refractivity contribution is 6.28. The zero-order valence-electron chi connectivity index (χ0n) is 9.72. The molecular formula is C11H9ClN4O2. The lowest BCUT2D eigenvalue weighted by molar-refractivity contribution is -0.385. The quantitative estimate of drug-likeness (QED) is 0.473. The summed E-state index contributed by atoms with van der Waals surface area (Å²) in [6, 6.07) is 1.67. The van der Waals surface area contributed by atoms with Crippen LogP contribution in [0.4, 0.5) is 5.69 Å². The Balaban J connectivity index is 2.78. The molecule has 0 N–H and O–H groups in total. The van der Waals surface area contributed by atoms with Gasteiger partial charge >= 0.3 is 5.69 Å². The van der Waals surface area contributed by atoms with Crippen LogP contribution in [0.3, 0.4) is 0 Å². The maximum Gasteiger partial charge on any atom is 0.316 e. The van der Waals surface area contributed by atoms with Gasteiger partial charge in [-0.15, -0.1) is 0 Å². The van der Waals surface area contributed by atoms with Crippen molar-refractivity contribution in [3.8, 4) is 11.3 Å². The Morgan fingerprint density at radius 2 is 2.06 bits per heavy atom. The Morgan fingerprint density at radius 3 is 2.67 bits per heavy atom. The predicted octanol–water partition coefficient (Wildman–Crippen LogP) is 2.72. The van der Waals surface area contributed by atoms with Gasteiger partial charge in [0.25, 0.3) is 0 Å². The van der Waals surface area contributed by atoms with Gasteiger partial charge in [0.15, 0.2) is 5.69 Å². The number of nitrogens with zero attached hydrogens (tertiary/aromatic N) is 4. The Morgan fingerprint density at radius 1 is 1.33 bits per heavy atom. The molecule has 0 saturated heterocycles. The van der Waals surface area contributed by atoms with E-state index in [1.165, 1.54) is 6.92 Å². The Kier molecular flexibility index (Phi) is 3.20. The number of hydrogen-bond acceptors (Lipinski definition) is 5. The molecule has 92 valence electrons. The first-order valence-corrected chi connectivity index (χ1v) is 5.48. The first-order valence-electron chi connectivity index (χ1n) is 5.10. The molecular weight excluding hydrogens is 256 g/mol. The molecule has 0 atom stereocenters. The van der Waals surface area contributed by atoms with Crippen LogP contribution in [0, 0.1) is 24.0 Å². The lowest BCUT2D eigenvalue weighted by Crippen LogP contribution is -2.02. The van der Waals surface area contributed by atoms with Crippen LogP contribution < -0.4 is 0 Å². The van der Waals surface area contributed by atoms with Gasteiger partial charge in [0, 0.05) is 18.0 Å². The lowest BCUT2D eigenvalue weighted by Gasteiger charge is -2.07. The molecule has 18 heavy (non-hydrogen) atoms. The maximum absolute atomic E-state index is 11.1. The normalized spacial score (nSPS) is 10.4.